The normalized spacial score (nSPS) is 15.1. The Balaban J connectivity index is 2.56. The number of carbonyl (C=O) groups excluding carboxylic acids is 1. The van der Waals surface area contributed by atoms with E-state index in [0.29, 0.717) is 17.8 Å². The molecular weight excluding hydrogens is 154 g/mol. The molecule has 1 aliphatic rings. The van der Waals surface area contributed by atoms with Crippen LogP contribution in [0.15, 0.2) is 18.2 Å². The number of nitrogens with zero attached hydrogens (tertiary/aromatic N) is 1. The molecule has 0 saturated heterocycles. The van der Waals surface area contributed by atoms with Gasteiger partial charge in [0.05, 0.1) is 6.54 Å². The largest absolute Gasteiger partial charge is 0.399 e. The van der Waals surface area contributed by atoms with E-state index < -0.39 is 0 Å². The molecule has 0 aliphatic carbocycles. The van der Waals surface area contributed by atoms with Crippen LogP contribution in [0.1, 0.15) is 15.9 Å². The van der Waals surface area contributed by atoms with Crippen molar-refractivity contribution in [3.05, 3.63) is 29.3 Å². The van der Waals surface area contributed by atoms with E-state index in [1.807, 2.05) is 6.07 Å². The lowest BCUT2D eigenvalue weighted by atomic mass is 10.1. The number of carbonyl (C=O) groups is 1. The monoisotopic (exact) mass is 163 g/mol. The maximum absolute atomic E-state index is 11.3. The second kappa shape index (κ2) is 2.22. The number of hydrogen-bond acceptors (Lipinski definition) is 3. The lowest BCUT2D eigenvalue weighted by molar-refractivity contribution is 0.0778. The topological polar surface area (TPSA) is 72.4 Å². The molecule has 0 saturated carbocycles. The molecule has 4 nitrogen and oxygen atoms in total. The highest BCUT2D eigenvalue weighted by atomic mass is 16.2. The van der Waals surface area contributed by atoms with E-state index in [1.165, 1.54) is 5.01 Å². The van der Waals surface area contributed by atoms with Gasteiger partial charge in [-0.05, 0) is 17.7 Å². The van der Waals surface area contributed by atoms with Gasteiger partial charge >= 0.3 is 0 Å². The molecule has 0 aromatic heterocycles. The first kappa shape index (κ1) is 7.12. The quantitative estimate of drug-likeness (QED) is 0.323. The molecule has 0 unspecified atom stereocenters. The number of amides is 1. The van der Waals surface area contributed by atoms with Crippen LogP contribution in [0.3, 0.4) is 0 Å². The number of nitrogens with two attached hydrogens (primary N) is 2. The van der Waals surface area contributed by atoms with Gasteiger partial charge in [0.15, 0.2) is 0 Å². The zero-order valence-electron chi connectivity index (χ0n) is 6.45. The number of rotatable bonds is 0. The maximum atomic E-state index is 11.3. The zero-order valence-corrected chi connectivity index (χ0v) is 6.45. The summed E-state index contributed by atoms with van der Waals surface area (Å²) in [5.41, 5.74) is 7.69. The van der Waals surface area contributed by atoms with Crippen molar-refractivity contribution in [3.8, 4) is 0 Å². The van der Waals surface area contributed by atoms with Gasteiger partial charge < -0.3 is 5.73 Å². The van der Waals surface area contributed by atoms with Gasteiger partial charge in [-0.3, -0.25) is 9.80 Å². The predicted octanol–water partition coefficient (Wildman–Crippen LogP) is 0.0983. The first-order valence-corrected chi connectivity index (χ1v) is 3.63. The molecule has 62 valence electrons. The summed E-state index contributed by atoms with van der Waals surface area (Å²) in [6.45, 7) is 0.481. The number of hydrogen-bond donors (Lipinski definition) is 2. The third-order valence-electron chi connectivity index (χ3n) is 1.97. The van der Waals surface area contributed by atoms with E-state index >= 15 is 0 Å². The molecule has 4 N–H and O–H groups in total. The molecule has 1 aromatic rings. The fourth-order valence-corrected chi connectivity index (χ4v) is 1.34. The van der Waals surface area contributed by atoms with Gasteiger partial charge in [-0.25, -0.2) is 5.84 Å². The van der Waals surface area contributed by atoms with E-state index in [0.717, 1.165) is 5.56 Å². The van der Waals surface area contributed by atoms with Crippen LogP contribution in [-0.2, 0) is 6.54 Å². The van der Waals surface area contributed by atoms with Crippen LogP contribution >= 0.6 is 0 Å². The lowest BCUT2D eigenvalue weighted by Gasteiger charge is -2.04. The first-order chi connectivity index (χ1) is 5.68. The Bertz CT molecular complexity index is 348. The Morgan fingerprint density at radius 2 is 2.17 bits per heavy atom. The van der Waals surface area contributed by atoms with Crippen molar-refractivity contribution in [2.75, 3.05) is 5.73 Å². The zero-order chi connectivity index (χ0) is 8.72. The average molecular weight is 163 g/mol. The van der Waals surface area contributed by atoms with Crippen LogP contribution in [0.4, 0.5) is 5.69 Å². The molecule has 0 atom stereocenters. The molecule has 2 rings (SSSR count). The van der Waals surface area contributed by atoms with E-state index in [4.69, 9.17) is 11.6 Å². The van der Waals surface area contributed by atoms with Crippen molar-refractivity contribution in [2.45, 2.75) is 6.54 Å². The van der Waals surface area contributed by atoms with Gasteiger partial charge in [0.25, 0.3) is 5.91 Å². The molecule has 0 fully saturated rings. The minimum atomic E-state index is -0.155. The summed E-state index contributed by atoms with van der Waals surface area (Å²) in [4.78, 5) is 11.3. The van der Waals surface area contributed by atoms with Crippen molar-refractivity contribution in [2.24, 2.45) is 5.84 Å². The van der Waals surface area contributed by atoms with Crippen molar-refractivity contribution in [3.63, 3.8) is 0 Å². The van der Waals surface area contributed by atoms with Gasteiger partial charge in [0.1, 0.15) is 0 Å². The van der Waals surface area contributed by atoms with Gasteiger partial charge in [-0.15, -0.1) is 0 Å². The average Bonchev–Trinajstić information content (AvgIpc) is 2.31. The predicted molar refractivity (Wildman–Crippen MR) is 44.9 cm³/mol. The number of fused-ring (bicyclic) bond motifs is 1. The molecule has 1 aliphatic heterocycles. The van der Waals surface area contributed by atoms with Crippen LogP contribution in [0.5, 0.6) is 0 Å². The molecule has 4 heteroatoms. The van der Waals surface area contributed by atoms with Gasteiger partial charge in [-0.2, -0.15) is 0 Å². The summed E-state index contributed by atoms with van der Waals surface area (Å²) in [5, 5.41) is 1.18. The van der Waals surface area contributed by atoms with Crippen molar-refractivity contribution in [1.29, 1.82) is 0 Å². The van der Waals surface area contributed by atoms with Crippen LogP contribution < -0.4 is 11.6 Å². The van der Waals surface area contributed by atoms with E-state index in [2.05, 4.69) is 0 Å². The SMILES string of the molecule is Nc1ccc2c(c1)C(=O)N(N)C2. The highest BCUT2D eigenvalue weighted by Gasteiger charge is 2.24. The molecule has 0 radical (unpaired) electrons. The lowest BCUT2D eigenvalue weighted by Crippen LogP contribution is -2.30. The highest BCUT2D eigenvalue weighted by Crippen LogP contribution is 2.21. The summed E-state index contributed by atoms with van der Waals surface area (Å²) < 4.78 is 0. The van der Waals surface area contributed by atoms with Crippen LogP contribution in [0.2, 0.25) is 0 Å². The second-order valence-corrected chi connectivity index (χ2v) is 2.85. The molecule has 0 spiro atoms. The van der Waals surface area contributed by atoms with E-state index in [9.17, 15) is 4.79 Å². The van der Waals surface area contributed by atoms with Gasteiger partial charge in [-0.1, -0.05) is 6.07 Å². The molecule has 1 heterocycles. The molecule has 12 heavy (non-hydrogen) atoms. The number of hydrazine groups is 1. The molecule has 1 amide bonds. The van der Waals surface area contributed by atoms with Crippen LogP contribution in [0.25, 0.3) is 0 Å². The Morgan fingerprint density at radius 1 is 1.42 bits per heavy atom. The van der Waals surface area contributed by atoms with E-state index in [1.54, 1.807) is 12.1 Å². The van der Waals surface area contributed by atoms with E-state index in [-0.39, 0.29) is 5.91 Å². The summed E-state index contributed by atoms with van der Waals surface area (Å²) in [6.07, 6.45) is 0. The summed E-state index contributed by atoms with van der Waals surface area (Å²) in [7, 11) is 0. The minimum Gasteiger partial charge on any atom is -0.399 e. The molecular formula is C8H9N3O. The van der Waals surface area contributed by atoms with Crippen molar-refractivity contribution < 1.29 is 4.79 Å². The number of anilines is 1. The third-order valence-corrected chi connectivity index (χ3v) is 1.97. The second-order valence-electron chi connectivity index (χ2n) is 2.85. The number of benzene rings is 1. The van der Waals surface area contributed by atoms with Crippen LogP contribution in [0, 0.1) is 0 Å². The number of nitrogen functional groups attached to an aromatic ring is 1. The Kier molecular flexibility index (Phi) is 1.31. The van der Waals surface area contributed by atoms with Crippen molar-refractivity contribution in [1.82, 2.24) is 5.01 Å². The third kappa shape index (κ3) is 0.853. The Labute approximate surface area is 69.7 Å². The summed E-state index contributed by atoms with van der Waals surface area (Å²) >= 11 is 0. The fraction of sp³-hybridized carbons (Fsp3) is 0.125. The smallest absolute Gasteiger partial charge is 0.268 e. The molecule has 1 aromatic carbocycles. The highest BCUT2D eigenvalue weighted by molar-refractivity contribution is 5.98. The maximum Gasteiger partial charge on any atom is 0.268 e. The summed E-state index contributed by atoms with van der Waals surface area (Å²) in [6, 6.07) is 5.26. The molecule has 0 bridgehead atoms. The van der Waals surface area contributed by atoms with Gasteiger partial charge in [0, 0.05) is 11.3 Å². The van der Waals surface area contributed by atoms with Gasteiger partial charge in [0.2, 0.25) is 0 Å². The Hall–Kier alpha value is -1.55. The minimum absolute atomic E-state index is 0.155. The standard InChI is InChI=1S/C8H9N3O/c9-6-2-1-5-4-11(10)8(12)7(5)3-6/h1-3H,4,9-10H2. The Morgan fingerprint density at radius 3 is 2.92 bits per heavy atom. The fourth-order valence-electron chi connectivity index (χ4n) is 1.34. The van der Waals surface area contributed by atoms with Crippen molar-refractivity contribution >= 4 is 11.6 Å². The first-order valence-electron chi connectivity index (χ1n) is 3.63. The summed E-state index contributed by atoms with van der Waals surface area (Å²) in [5.74, 6) is 5.27. The van der Waals surface area contributed by atoms with Crippen LogP contribution in [-0.4, -0.2) is 10.9 Å².